The van der Waals surface area contributed by atoms with E-state index in [4.69, 9.17) is 11.6 Å². The van der Waals surface area contributed by atoms with Crippen LogP contribution in [0, 0.1) is 11.3 Å². The quantitative estimate of drug-likeness (QED) is 0.640. The number of hydrogen-bond donors (Lipinski definition) is 0. The topological polar surface area (TPSA) is 28.2 Å². The number of nitriles is 1. The van der Waals surface area contributed by atoms with Crippen LogP contribution in [0.3, 0.4) is 0 Å². The second kappa shape index (κ2) is 4.21. The van der Waals surface area contributed by atoms with E-state index in [2.05, 4.69) is 6.07 Å². The third-order valence-electron chi connectivity index (χ3n) is 2.94. The molecule has 0 spiro atoms. The highest BCUT2D eigenvalue weighted by atomic mass is 35.5. The van der Waals surface area contributed by atoms with Crippen LogP contribution in [0.25, 0.3) is 16.6 Å². The van der Waals surface area contributed by atoms with E-state index in [9.17, 15) is 5.26 Å². The summed E-state index contributed by atoms with van der Waals surface area (Å²) in [5.41, 5.74) is 3.65. The predicted octanol–water partition coefficient (Wildman–Crippen LogP) is 4.13. The molecule has 0 aliphatic heterocycles. The first-order valence-electron chi connectivity index (χ1n) is 5.55. The molecule has 0 atom stereocenters. The molecule has 2 aromatic heterocycles. The maximum atomic E-state index is 9.24. The number of halogens is 1. The van der Waals surface area contributed by atoms with Crippen molar-refractivity contribution in [3.63, 3.8) is 0 Å². The lowest BCUT2D eigenvalue weighted by molar-refractivity contribution is 1.19. The molecule has 0 radical (unpaired) electrons. The van der Waals surface area contributed by atoms with Crippen molar-refractivity contribution in [1.29, 1.82) is 5.26 Å². The molecule has 0 aliphatic rings. The Hall–Kier alpha value is -2.24. The van der Waals surface area contributed by atoms with Gasteiger partial charge in [-0.15, -0.1) is 0 Å². The fraction of sp³-hybridized carbons (Fsp3) is 0. The molecule has 2 nitrogen and oxygen atoms in total. The minimum atomic E-state index is 0.654. The van der Waals surface area contributed by atoms with Crippen LogP contribution in [0.5, 0.6) is 0 Å². The maximum Gasteiger partial charge on any atom is 0.101 e. The first-order valence-corrected chi connectivity index (χ1v) is 5.92. The molecule has 0 fully saturated rings. The summed E-state index contributed by atoms with van der Waals surface area (Å²) in [6, 6.07) is 15.8. The summed E-state index contributed by atoms with van der Waals surface area (Å²) in [7, 11) is 0. The first-order chi connectivity index (χ1) is 8.78. The predicted molar refractivity (Wildman–Crippen MR) is 72.6 cm³/mol. The normalized spacial score (nSPS) is 10.4. The van der Waals surface area contributed by atoms with Crippen LogP contribution < -0.4 is 0 Å². The van der Waals surface area contributed by atoms with Crippen molar-refractivity contribution < 1.29 is 0 Å². The Bertz CT molecular complexity index is 748. The number of nitrogens with zero attached hydrogens (tertiary/aromatic N) is 2. The second-order valence-corrected chi connectivity index (χ2v) is 4.50. The zero-order chi connectivity index (χ0) is 12.5. The zero-order valence-corrected chi connectivity index (χ0v) is 10.2. The van der Waals surface area contributed by atoms with E-state index in [1.807, 2.05) is 59.3 Å². The van der Waals surface area contributed by atoms with Crippen LogP contribution in [0.1, 0.15) is 5.56 Å². The van der Waals surface area contributed by atoms with Gasteiger partial charge in [-0.05, 0) is 35.9 Å². The summed E-state index contributed by atoms with van der Waals surface area (Å²) in [6.07, 6.45) is 3.78. The molecular weight excluding hydrogens is 244 g/mol. The van der Waals surface area contributed by atoms with Crippen LogP contribution >= 0.6 is 11.6 Å². The molecule has 0 amide bonds. The van der Waals surface area contributed by atoms with E-state index in [-0.39, 0.29) is 0 Å². The van der Waals surface area contributed by atoms with Crippen molar-refractivity contribution >= 4 is 17.1 Å². The lowest BCUT2D eigenvalue weighted by Crippen LogP contribution is -1.90. The van der Waals surface area contributed by atoms with E-state index in [1.54, 1.807) is 0 Å². The van der Waals surface area contributed by atoms with Crippen LogP contribution in [-0.2, 0) is 0 Å². The van der Waals surface area contributed by atoms with Gasteiger partial charge in [-0.3, -0.25) is 0 Å². The van der Waals surface area contributed by atoms with E-state index in [0.717, 1.165) is 16.6 Å². The Labute approximate surface area is 110 Å². The fourth-order valence-electron chi connectivity index (χ4n) is 2.04. The van der Waals surface area contributed by atoms with Gasteiger partial charge in [-0.1, -0.05) is 23.7 Å². The summed E-state index contributed by atoms with van der Waals surface area (Å²) in [5.74, 6) is 0. The molecule has 18 heavy (non-hydrogen) atoms. The van der Waals surface area contributed by atoms with Crippen molar-refractivity contribution in [1.82, 2.24) is 4.40 Å². The van der Waals surface area contributed by atoms with Crippen LogP contribution in [0.2, 0.25) is 5.02 Å². The largest absolute Gasteiger partial charge is 0.323 e. The maximum absolute atomic E-state index is 9.24. The standard InChI is InChI=1S/C15H9ClN2/c16-13-5-3-11(4-6-13)15-8-14-2-1-7-18(14)10-12(15)9-17/h1-8,10H. The Morgan fingerprint density at radius 3 is 2.61 bits per heavy atom. The van der Waals surface area contributed by atoms with Crippen LogP contribution in [0.4, 0.5) is 0 Å². The molecule has 3 aromatic rings. The van der Waals surface area contributed by atoms with Gasteiger partial charge in [0.25, 0.3) is 0 Å². The highest BCUT2D eigenvalue weighted by Crippen LogP contribution is 2.26. The van der Waals surface area contributed by atoms with Gasteiger partial charge in [0.1, 0.15) is 6.07 Å². The van der Waals surface area contributed by atoms with Crippen molar-refractivity contribution in [3.8, 4) is 17.2 Å². The number of hydrogen-bond acceptors (Lipinski definition) is 1. The van der Waals surface area contributed by atoms with E-state index in [1.165, 1.54) is 0 Å². The van der Waals surface area contributed by atoms with Gasteiger partial charge in [0.05, 0.1) is 5.56 Å². The number of benzene rings is 1. The average Bonchev–Trinajstić information content (AvgIpc) is 2.85. The zero-order valence-electron chi connectivity index (χ0n) is 9.47. The van der Waals surface area contributed by atoms with Gasteiger partial charge in [-0.25, -0.2) is 0 Å². The lowest BCUT2D eigenvalue weighted by atomic mass is 10.0. The monoisotopic (exact) mass is 252 g/mol. The van der Waals surface area contributed by atoms with Crippen LogP contribution in [0.15, 0.2) is 54.9 Å². The van der Waals surface area contributed by atoms with E-state index in [0.29, 0.717) is 10.6 Å². The summed E-state index contributed by atoms with van der Waals surface area (Å²) in [6.45, 7) is 0. The van der Waals surface area contributed by atoms with Crippen molar-refractivity contribution in [2.75, 3.05) is 0 Å². The van der Waals surface area contributed by atoms with Crippen LogP contribution in [-0.4, -0.2) is 4.40 Å². The lowest BCUT2D eigenvalue weighted by Gasteiger charge is -2.06. The van der Waals surface area contributed by atoms with Gasteiger partial charge in [-0.2, -0.15) is 5.26 Å². The molecule has 2 heterocycles. The second-order valence-electron chi connectivity index (χ2n) is 4.06. The SMILES string of the molecule is N#Cc1cn2cccc2cc1-c1ccc(Cl)cc1. The molecule has 3 heteroatoms. The van der Waals surface area contributed by atoms with Crippen molar-refractivity contribution in [2.45, 2.75) is 0 Å². The molecule has 0 bridgehead atoms. The Morgan fingerprint density at radius 1 is 1.11 bits per heavy atom. The Morgan fingerprint density at radius 2 is 1.89 bits per heavy atom. The van der Waals surface area contributed by atoms with Gasteiger partial charge < -0.3 is 4.40 Å². The molecule has 86 valence electrons. The highest BCUT2D eigenvalue weighted by Gasteiger charge is 2.07. The van der Waals surface area contributed by atoms with Gasteiger partial charge in [0.15, 0.2) is 0 Å². The van der Waals surface area contributed by atoms with E-state index < -0.39 is 0 Å². The van der Waals surface area contributed by atoms with Gasteiger partial charge in [0.2, 0.25) is 0 Å². The van der Waals surface area contributed by atoms with Crippen molar-refractivity contribution in [3.05, 3.63) is 65.4 Å². The smallest absolute Gasteiger partial charge is 0.101 e. The molecule has 1 aromatic carbocycles. The average molecular weight is 253 g/mol. The third-order valence-corrected chi connectivity index (χ3v) is 3.19. The third kappa shape index (κ3) is 1.75. The van der Waals surface area contributed by atoms with Gasteiger partial charge >= 0.3 is 0 Å². The molecule has 0 aliphatic carbocycles. The molecule has 0 saturated heterocycles. The highest BCUT2D eigenvalue weighted by molar-refractivity contribution is 6.30. The molecule has 3 rings (SSSR count). The summed E-state index contributed by atoms with van der Waals surface area (Å²) >= 11 is 5.88. The summed E-state index contributed by atoms with van der Waals surface area (Å²) in [5, 5.41) is 9.94. The molecular formula is C15H9ClN2. The summed E-state index contributed by atoms with van der Waals surface area (Å²) in [4.78, 5) is 0. The number of pyridine rings is 1. The van der Waals surface area contributed by atoms with E-state index >= 15 is 0 Å². The number of rotatable bonds is 1. The molecule has 0 N–H and O–H groups in total. The number of fused-ring (bicyclic) bond motifs is 1. The number of aromatic nitrogens is 1. The first kappa shape index (κ1) is 10.9. The van der Waals surface area contributed by atoms with Gasteiger partial charge in [0, 0.05) is 28.5 Å². The fourth-order valence-corrected chi connectivity index (χ4v) is 2.16. The minimum absolute atomic E-state index is 0.654. The summed E-state index contributed by atoms with van der Waals surface area (Å²) < 4.78 is 1.94. The Kier molecular flexibility index (Phi) is 2.55. The Balaban J connectivity index is 2.26. The molecule has 0 saturated carbocycles. The molecule has 0 unspecified atom stereocenters. The van der Waals surface area contributed by atoms with Crippen molar-refractivity contribution in [2.24, 2.45) is 0 Å². The minimum Gasteiger partial charge on any atom is -0.323 e.